The molecule has 118 valence electrons. The molecule has 0 radical (unpaired) electrons. The van der Waals surface area contributed by atoms with E-state index in [0.717, 1.165) is 24.1 Å². The zero-order chi connectivity index (χ0) is 15.5. The highest BCUT2D eigenvalue weighted by Crippen LogP contribution is 2.30. The Kier molecular flexibility index (Phi) is 4.67. The summed E-state index contributed by atoms with van der Waals surface area (Å²) in [6.45, 7) is 0.101. The van der Waals surface area contributed by atoms with Crippen LogP contribution < -0.4 is 10.2 Å². The van der Waals surface area contributed by atoms with Crippen molar-refractivity contribution in [1.29, 1.82) is 0 Å². The van der Waals surface area contributed by atoms with Crippen LogP contribution >= 0.6 is 11.6 Å². The lowest BCUT2D eigenvalue weighted by Gasteiger charge is -2.20. The lowest BCUT2D eigenvalue weighted by Crippen LogP contribution is -2.43. The SMILES string of the molecule is O=C(CN1C(=O)Cc2cc(Cl)ccc21)NC1CCCCCC1. The van der Waals surface area contributed by atoms with Crippen molar-refractivity contribution < 1.29 is 9.59 Å². The van der Waals surface area contributed by atoms with Crippen LogP contribution in [0.25, 0.3) is 0 Å². The van der Waals surface area contributed by atoms with E-state index in [1.807, 2.05) is 6.07 Å². The summed E-state index contributed by atoms with van der Waals surface area (Å²) in [6.07, 6.45) is 7.28. The van der Waals surface area contributed by atoms with E-state index in [2.05, 4.69) is 5.32 Å². The van der Waals surface area contributed by atoms with Crippen LogP contribution in [0.15, 0.2) is 18.2 Å². The number of fused-ring (bicyclic) bond motifs is 1. The average Bonchev–Trinajstić information content (AvgIpc) is 2.66. The Morgan fingerprint density at radius 2 is 1.95 bits per heavy atom. The highest BCUT2D eigenvalue weighted by molar-refractivity contribution is 6.31. The molecule has 0 unspecified atom stereocenters. The number of nitrogens with one attached hydrogen (secondary N) is 1. The minimum Gasteiger partial charge on any atom is -0.352 e. The fourth-order valence-electron chi connectivity index (χ4n) is 3.37. The van der Waals surface area contributed by atoms with Gasteiger partial charge < -0.3 is 10.2 Å². The Labute approximate surface area is 135 Å². The van der Waals surface area contributed by atoms with Crippen LogP contribution in [0, 0.1) is 0 Å². The largest absolute Gasteiger partial charge is 0.352 e. The fraction of sp³-hybridized carbons (Fsp3) is 0.529. The summed E-state index contributed by atoms with van der Waals surface area (Å²) < 4.78 is 0. The Morgan fingerprint density at radius 3 is 2.68 bits per heavy atom. The summed E-state index contributed by atoms with van der Waals surface area (Å²) in [7, 11) is 0. The number of hydrogen-bond donors (Lipinski definition) is 1. The smallest absolute Gasteiger partial charge is 0.240 e. The van der Waals surface area contributed by atoms with Crippen molar-refractivity contribution in [3.63, 3.8) is 0 Å². The first-order valence-electron chi connectivity index (χ1n) is 8.01. The normalized spacial score (nSPS) is 19.0. The number of halogens is 1. The topological polar surface area (TPSA) is 49.4 Å². The van der Waals surface area contributed by atoms with Gasteiger partial charge in [0.1, 0.15) is 6.54 Å². The first-order chi connectivity index (χ1) is 10.6. The van der Waals surface area contributed by atoms with Crippen molar-refractivity contribution in [3.05, 3.63) is 28.8 Å². The van der Waals surface area contributed by atoms with E-state index in [9.17, 15) is 9.59 Å². The Bertz CT molecular complexity index is 580. The van der Waals surface area contributed by atoms with Gasteiger partial charge in [-0.05, 0) is 36.6 Å². The predicted molar refractivity (Wildman–Crippen MR) is 87.1 cm³/mol. The standard InChI is InChI=1S/C17H21ClN2O2/c18-13-7-8-15-12(9-13)10-17(22)20(15)11-16(21)19-14-5-3-1-2-4-6-14/h7-9,14H,1-6,10-11H2,(H,19,21). The maximum Gasteiger partial charge on any atom is 0.240 e. The molecule has 2 amide bonds. The number of rotatable bonds is 3. The van der Waals surface area contributed by atoms with Crippen LogP contribution in [-0.4, -0.2) is 24.4 Å². The fourth-order valence-corrected chi connectivity index (χ4v) is 3.56. The minimum atomic E-state index is -0.0666. The second kappa shape index (κ2) is 6.69. The second-order valence-corrected chi connectivity index (χ2v) is 6.62. The molecular weight excluding hydrogens is 300 g/mol. The number of carbonyl (C=O) groups is 2. The molecule has 0 saturated heterocycles. The van der Waals surface area contributed by atoms with Gasteiger partial charge in [-0.3, -0.25) is 9.59 Å². The van der Waals surface area contributed by atoms with E-state index in [-0.39, 0.29) is 24.4 Å². The molecule has 2 aliphatic rings. The zero-order valence-electron chi connectivity index (χ0n) is 12.6. The van der Waals surface area contributed by atoms with Gasteiger partial charge in [0, 0.05) is 16.8 Å². The van der Waals surface area contributed by atoms with Gasteiger partial charge in [-0.15, -0.1) is 0 Å². The predicted octanol–water partition coefficient (Wildman–Crippen LogP) is 3.07. The maximum atomic E-state index is 12.3. The monoisotopic (exact) mass is 320 g/mol. The third kappa shape index (κ3) is 3.43. The Morgan fingerprint density at radius 1 is 1.23 bits per heavy atom. The lowest BCUT2D eigenvalue weighted by atomic mass is 10.1. The maximum absolute atomic E-state index is 12.3. The summed E-state index contributed by atoms with van der Waals surface area (Å²) in [5.74, 6) is -0.101. The van der Waals surface area contributed by atoms with E-state index in [4.69, 9.17) is 11.6 Å². The van der Waals surface area contributed by atoms with Gasteiger partial charge in [-0.25, -0.2) is 0 Å². The molecule has 3 rings (SSSR count). The molecule has 0 spiro atoms. The molecule has 4 nitrogen and oxygen atoms in total. The van der Waals surface area contributed by atoms with Gasteiger partial charge in [0.15, 0.2) is 0 Å². The summed E-state index contributed by atoms with van der Waals surface area (Å²) in [5.41, 5.74) is 1.71. The number of hydrogen-bond acceptors (Lipinski definition) is 2. The van der Waals surface area contributed by atoms with E-state index in [0.29, 0.717) is 11.4 Å². The molecule has 1 aromatic rings. The zero-order valence-corrected chi connectivity index (χ0v) is 13.4. The highest BCUT2D eigenvalue weighted by Gasteiger charge is 2.29. The molecule has 22 heavy (non-hydrogen) atoms. The molecule has 1 fully saturated rings. The van der Waals surface area contributed by atoms with Crippen molar-refractivity contribution in [2.45, 2.75) is 51.0 Å². The van der Waals surface area contributed by atoms with Gasteiger partial charge in [0.05, 0.1) is 6.42 Å². The molecule has 1 saturated carbocycles. The summed E-state index contributed by atoms with van der Waals surface area (Å²) in [5, 5.41) is 3.71. The molecule has 1 heterocycles. The quantitative estimate of drug-likeness (QED) is 0.870. The third-order valence-electron chi connectivity index (χ3n) is 4.50. The van der Waals surface area contributed by atoms with E-state index < -0.39 is 0 Å². The first-order valence-corrected chi connectivity index (χ1v) is 8.39. The van der Waals surface area contributed by atoms with Crippen LogP contribution in [-0.2, 0) is 16.0 Å². The molecule has 1 aromatic carbocycles. The molecular formula is C17H21ClN2O2. The Hall–Kier alpha value is -1.55. The number of carbonyl (C=O) groups excluding carboxylic acids is 2. The van der Waals surface area contributed by atoms with Crippen LogP contribution in [0.1, 0.15) is 44.1 Å². The molecule has 0 atom stereocenters. The summed E-state index contributed by atoms with van der Waals surface area (Å²) in [4.78, 5) is 26.0. The molecule has 1 aliphatic carbocycles. The Balaban J connectivity index is 1.63. The average molecular weight is 321 g/mol. The van der Waals surface area contributed by atoms with Crippen molar-refractivity contribution in [3.8, 4) is 0 Å². The number of benzene rings is 1. The number of anilines is 1. The van der Waals surface area contributed by atoms with Gasteiger partial charge in [0.2, 0.25) is 11.8 Å². The molecule has 5 heteroatoms. The van der Waals surface area contributed by atoms with Crippen molar-refractivity contribution in [2.24, 2.45) is 0 Å². The van der Waals surface area contributed by atoms with E-state index >= 15 is 0 Å². The van der Waals surface area contributed by atoms with Gasteiger partial charge in [-0.2, -0.15) is 0 Å². The minimum absolute atomic E-state index is 0.0340. The van der Waals surface area contributed by atoms with Gasteiger partial charge >= 0.3 is 0 Å². The summed E-state index contributed by atoms with van der Waals surface area (Å²) in [6, 6.07) is 5.65. The van der Waals surface area contributed by atoms with Crippen molar-refractivity contribution in [2.75, 3.05) is 11.4 Å². The van der Waals surface area contributed by atoms with Gasteiger partial charge in [0.25, 0.3) is 0 Å². The molecule has 0 bridgehead atoms. The van der Waals surface area contributed by atoms with Crippen LogP contribution in [0.4, 0.5) is 5.69 Å². The first kappa shape index (κ1) is 15.3. The second-order valence-electron chi connectivity index (χ2n) is 6.19. The molecule has 1 N–H and O–H groups in total. The lowest BCUT2D eigenvalue weighted by molar-refractivity contribution is -0.123. The van der Waals surface area contributed by atoms with Crippen LogP contribution in [0.5, 0.6) is 0 Å². The van der Waals surface area contributed by atoms with Crippen LogP contribution in [0.3, 0.4) is 0 Å². The van der Waals surface area contributed by atoms with Gasteiger partial charge in [-0.1, -0.05) is 37.3 Å². The highest BCUT2D eigenvalue weighted by atomic mass is 35.5. The number of nitrogens with zero attached hydrogens (tertiary/aromatic N) is 1. The molecule has 0 aromatic heterocycles. The van der Waals surface area contributed by atoms with E-state index in [1.54, 1.807) is 17.0 Å². The third-order valence-corrected chi connectivity index (χ3v) is 4.73. The van der Waals surface area contributed by atoms with Crippen molar-refractivity contribution in [1.82, 2.24) is 5.32 Å². The van der Waals surface area contributed by atoms with E-state index in [1.165, 1.54) is 25.7 Å². The van der Waals surface area contributed by atoms with Crippen LogP contribution in [0.2, 0.25) is 5.02 Å². The number of amides is 2. The van der Waals surface area contributed by atoms with Crippen molar-refractivity contribution >= 4 is 29.1 Å². The molecule has 1 aliphatic heterocycles. The summed E-state index contributed by atoms with van der Waals surface area (Å²) >= 11 is 5.96.